The van der Waals surface area contributed by atoms with Gasteiger partial charge < -0.3 is 15.0 Å². The van der Waals surface area contributed by atoms with Gasteiger partial charge >= 0.3 is 5.97 Å². The molecule has 3 N–H and O–H groups in total. The van der Waals surface area contributed by atoms with Gasteiger partial charge in [0.1, 0.15) is 5.82 Å². The molecule has 0 aliphatic carbocycles. The van der Waals surface area contributed by atoms with Crippen molar-refractivity contribution in [2.45, 2.75) is 38.6 Å². The number of ether oxygens (including phenoxy) is 1. The molecule has 8 nitrogen and oxygen atoms in total. The molecule has 0 aliphatic heterocycles. The third-order valence-electron chi connectivity index (χ3n) is 5.20. The molecular formula is C24H26FN3O5S. The van der Waals surface area contributed by atoms with Crippen molar-refractivity contribution in [2.24, 2.45) is 0 Å². The average Bonchev–Trinajstić information content (AvgIpc) is 3.08. The molecule has 0 saturated heterocycles. The molecule has 3 rings (SSSR count). The van der Waals surface area contributed by atoms with E-state index < -0.39 is 27.9 Å². The largest absolute Gasteiger partial charge is 0.462 e. The minimum Gasteiger partial charge on any atom is -0.462 e. The number of aryl methyl sites for hydroxylation is 1. The molecule has 0 aliphatic rings. The zero-order valence-electron chi connectivity index (χ0n) is 19.2. The zero-order valence-corrected chi connectivity index (χ0v) is 20.0. The first kappa shape index (κ1) is 25.0. The number of H-pyrrole nitrogens is 1. The number of halogens is 1. The lowest BCUT2D eigenvalue weighted by molar-refractivity contribution is 0.0525. The lowest BCUT2D eigenvalue weighted by atomic mass is 10.0. The SMILES string of the molecule is CCOC(=O)c1c(C)[nH]c(C(=O)C(C)Nc2ccc(NS(=O)(=O)c3ccc(F)cc3)cc2)c1C. The summed E-state index contributed by atoms with van der Waals surface area (Å²) in [6, 6.07) is 10.2. The van der Waals surface area contributed by atoms with Crippen LogP contribution in [0.2, 0.25) is 0 Å². The first-order valence-corrected chi connectivity index (χ1v) is 12.1. The molecular weight excluding hydrogens is 461 g/mol. The van der Waals surface area contributed by atoms with Crippen molar-refractivity contribution in [1.29, 1.82) is 0 Å². The number of carbonyl (C=O) groups excluding carboxylic acids is 2. The van der Waals surface area contributed by atoms with Gasteiger partial charge in [0.15, 0.2) is 0 Å². The highest BCUT2D eigenvalue weighted by molar-refractivity contribution is 7.92. The molecule has 34 heavy (non-hydrogen) atoms. The van der Waals surface area contributed by atoms with Crippen LogP contribution in [0.25, 0.3) is 0 Å². The molecule has 0 radical (unpaired) electrons. The summed E-state index contributed by atoms with van der Waals surface area (Å²) in [7, 11) is -3.87. The highest BCUT2D eigenvalue weighted by Crippen LogP contribution is 2.23. The third kappa shape index (κ3) is 5.45. The van der Waals surface area contributed by atoms with Crippen molar-refractivity contribution in [3.8, 4) is 0 Å². The molecule has 0 spiro atoms. The van der Waals surface area contributed by atoms with E-state index in [2.05, 4.69) is 15.0 Å². The average molecular weight is 488 g/mol. The number of anilines is 2. The van der Waals surface area contributed by atoms with Crippen LogP contribution in [0.4, 0.5) is 15.8 Å². The maximum absolute atomic E-state index is 13.1. The minimum atomic E-state index is -3.87. The normalized spacial score (nSPS) is 12.1. The highest BCUT2D eigenvalue weighted by atomic mass is 32.2. The number of sulfonamides is 1. The number of benzene rings is 2. The second-order valence-electron chi connectivity index (χ2n) is 7.71. The van der Waals surface area contributed by atoms with E-state index in [1.807, 2.05) is 0 Å². The van der Waals surface area contributed by atoms with Crippen LogP contribution >= 0.6 is 0 Å². The maximum Gasteiger partial charge on any atom is 0.340 e. The van der Waals surface area contributed by atoms with Gasteiger partial charge in [0.05, 0.1) is 28.8 Å². The van der Waals surface area contributed by atoms with Gasteiger partial charge in [0, 0.05) is 17.1 Å². The Morgan fingerprint density at radius 3 is 2.21 bits per heavy atom. The van der Waals surface area contributed by atoms with Crippen LogP contribution < -0.4 is 10.0 Å². The topological polar surface area (TPSA) is 117 Å². The molecule has 0 bridgehead atoms. The second kappa shape index (κ2) is 10.1. The summed E-state index contributed by atoms with van der Waals surface area (Å²) in [4.78, 5) is 28.1. The Hall–Kier alpha value is -3.66. The van der Waals surface area contributed by atoms with E-state index in [0.717, 1.165) is 12.1 Å². The summed E-state index contributed by atoms with van der Waals surface area (Å²) in [5, 5.41) is 3.07. The standard InChI is InChI=1S/C24H26FN3O5S/c1-5-33-24(30)21-14(2)22(27-15(21)3)23(29)16(4)26-18-8-10-19(11-9-18)28-34(31,32)20-12-6-17(25)7-13-20/h6-13,16,26-28H,5H2,1-4H3. The van der Waals surface area contributed by atoms with E-state index in [9.17, 15) is 22.4 Å². The Kier molecular flexibility index (Phi) is 7.41. The minimum absolute atomic E-state index is 0.0610. The monoisotopic (exact) mass is 487 g/mol. The van der Waals surface area contributed by atoms with Crippen molar-refractivity contribution >= 4 is 33.2 Å². The predicted molar refractivity (Wildman–Crippen MR) is 127 cm³/mol. The van der Waals surface area contributed by atoms with E-state index >= 15 is 0 Å². The fourth-order valence-electron chi connectivity index (χ4n) is 3.50. The van der Waals surface area contributed by atoms with Crippen LogP contribution in [-0.4, -0.2) is 37.8 Å². The van der Waals surface area contributed by atoms with Gasteiger partial charge in [-0.05, 0) is 81.8 Å². The predicted octanol–water partition coefficient (Wildman–Crippen LogP) is 4.43. The summed E-state index contributed by atoms with van der Waals surface area (Å²) in [6.45, 7) is 7.04. The number of Topliss-reactive ketones (excluding diaryl/α,β-unsaturated/α-hetero) is 1. The van der Waals surface area contributed by atoms with Crippen LogP contribution in [0.1, 0.15) is 46.0 Å². The third-order valence-corrected chi connectivity index (χ3v) is 6.60. The smallest absolute Gasteiger partial charge is 0.340 e. The van der Waals surface area contributed by atoms with E-state index in [0.29, 0.717) is 33.9 Å². The first-order valence-electron chi connectivity index (χ1n) is 10.6. The van der Waals surface area contributed by atoms with Crippen LogP contribution in [0.5, 0.6) is 0 Å². The van der Waals surface area contributed by atoms with Gasteiger partial charge in [-0.2, -0.15) is 0 Å². The molecule has 10 heteroatoms. The fraction of sp³-hybridized carbons (Fsp3) is 0.250. The Bertz CT molecular complexity index is 1300. The molecule has 180 valence electrons. The lowest BCUT2D eigenvalue weighted by Gasteiger charge is -2.15. The fourth-order valence-corrected chi connectivity index (χ4v) is 4.56. The molecule has 0 fully saturated rings. The number of esters is 1. The number of nitrogens with one attached hydrogen (secondary N) is 3. The van der Waals surface area contributed by atoms with Gasteiger partial charge in [-0.15, -0.1) is 0 Å². The number of carbonyl (C=O) groups is 2. The molecule has 1 heterocycles. The van der Waals surface area contributed by atoms with E-state index in [4.69, 9.17) is 4.74 Å². The summed E-state index contributed by atoms with van der Waals surface area (Å²) >= 11 is 0. The summed E-state index contributed by atoms with van der Waals surface area (Å²) in [6.07, 6.45) is 0. The number of aromatic nitrogens is 1. The van der Waals surface area contributed by atoms with Crippen molar-refractivity contribution in [2.75, 3.05) is 16.6 Å². The zero-order chi connectivity index (χ0) is 25.0. The van der Waals surface area contributed by atoms with Crippen LogP contribution in [0.15, 0.2) is 53.4 Å². The first-order chi connectivity index (χ1) is 16.0. The van der Waals surface area contributed by atoms with Gasteiger partial charge in [0.2, 0.25) is 5.78 Å². The maximum atomic E-state index is 13.1. The Morgan fingerprint density at radius 2 is 1.62 bits per heavy atom. The number of hydrogen-bond acceptors (Lipinski definition) is 6. The van der Waals surface area contributed by atoms with E-state index in [1.54, 1.807) is 52.0 Å². The lowest BCUT2D eigenvalue weighted by Crippen LogP contribution is -2.27. The van der Waals surface area contributed by atoms with Crippen LogP contribution in [-0.2, 0) is 14.8 Å². The van der Waals surface area contributed by atoms with E-state index in [-0.39, 0.29) is 17.3 Å². The van der Waals surface area contributed by atoms with Gasteiger partial charge in [-0.1, -0.05) is 0 Å². The molecule has 2 aromatic carbocycles. The number of ketones is 1. The second-order valence-corrected chi connectivity index (χ2v) is 9.39. The molecule has 1 unspecified atom stereocenters. The number of hydrogen-bond donors (Lipinski definition) is 3. The van der Waals surface area contributed by atoms with Crippen molar-refractivity contribution in [1.82, 2.24) is 4.98 Å². The molecule has 1 aromatic heterocycles. The Labute approximate surface area is 197 Å². The van der Waals surface area contributed by atoms with Crippen molar-refractivity contribution < 1.29 is 27.1 Å². The number of aromatic amines is 1. The molecule has 0 amide bonds. The highest BCUT2D eigenvalue weighted by Gasteiger charge is 2.25. The van der Waals surface area contributed by atoms with Crippen LogP contribution in [0.3, 0.4) is 0 Å². The van der Waals surface area contributed by atoms with Crippen molar-refractivity contribution in [3.63, 3.8) is 0 Å². The summed E-state index contributed by atoms with van der Waals surface area (Å²) in [5.74, 6) is -1.25. The Balaban J connectivity index is 1.70. The van der Waals surface area contributed by atoms with Crippen molar-refractivity contribution in [3.05, 3.63) is 76.9 Å². The summed E-state index contributed by atoms with van der Waals surface area (Å²) < 4.78 is 45.4. The van der Waals surface area contributed by atoms with E-state index in [1.165, 1.54) is 12.1 Å². The number of rotatable bonds is 9. The van der Waals surface area contributed by atoms with Gasteiger partial charge in [0.25, 0.3) is 10.0 Å². The molecule has 0 saturated carbocycles. The quantitative estimate of drug-likeness (QED) is 0.304. The van der Waals surface area contributed by atoms with Gasteiger partial charge in [-0.3, -0.25) is 9.52 Å². The summed E-state index contributed by atoms with van der Waals surface area (Å²) in [5.41, 5.74) is 2.67. The van der Waals surface area contributed by atoms with Crippen LogP contribution in [0, 0.1) is 19.7 Å². The van der Waals surface area contributed by atoms with Gasteiger partial charge in [-0.25, -0.2) is 17.6 Å². The molecule has 3 aromatic rings. The molecule has 1 atom stereocenters. The Morgan fingerprint density at radius 1 is 1.03 bits per heavy atom.